The molecule has 1 N–H and O–H groups in total. The van der Waals surface area contributed by atoms with Gasteiger partial charge < -0.3 is 19.7 Å². The molecule has 0 aliphatic heterocycles. The SMILES string of the molecule is CC[C@@H](C(=O)NC)N(Cc1cccc(OC)c1)C(=O)CN(c1ccc(OC)c(Cl)c1)S(=O)(=O)c1ccc(C)cc1. The van der Waals surface area contributed by atoms with Crippen LogP contribution in [0.15, 0.2) is 71.6 Å². The van der Waals surface area contributed by atoms with E-state index in [-0.39, 0.29) is 28.1 Å². The van der Waals surface area contributed by atoms with Crippen molar-refractivity contribution >= 4 is 39.1 Å². The normalized spacial score (nSPS) is 11.8. The van der Waals surface area contributed by atoms with Crippen molar-refractivity contribution in [3.63, 3.8) is 0 Å². The molecule has 0 bridgehead atoms. The van der Waals surface area contributed by atoms with Crippen molar-refractivity contribution in [1.82, 2.24) is 10.2 Å². The monoisotopic (exact) mass is 587 g/mol. The van der Waals surface area contributed by atoms with Crippen LogP contribution in [-0.4, -0.2) is 59.0 Å². The molecule has 1 atom stereocenters. The first-order chi connectivity index (χ1) is 19.0. The molecule has 11 heteroatoms. The van der Waals surface area contributed by atoms with Crippen LogP contribution in [0.25, 0.3) is 0 Å². The van der Waals surface area contributed by atoms with Crippen molar-refractivity contribution in [3.05, 3.63) is 82.9 Å². The quantitative estimate of drug-likeness (QED) is 0.336. The van der Waals surface area contributed by atoms with E-state index >= 15 is 0 Å². The molecule has 0 aliphatic rings. The third-order valence-corrected chi connectivity index (χ3v) is 8.51. The van der Waals surface area contributed by atoms with E-state index in [2.05, 4.69) is 5.32 Å². The van der Waals surface area contributed by atoms with E-state index in [1.54, 1.807) is 37.3 Å². The van der Waals surface area contributed by atoms with Gasteiger partial charge in [0.2, 0.25) is 11.8 Å². The number of anilines is 1. The molecule has 0 unspecified atom stereocenters. The van der Waals surface area contributed by atoms with Crippen LogP contribution in [-0.2, 0) is 26.2 Å². The van der Waals surface area contributed by atoms with Crippen LogP contribution < -0.4 is 19.1 Å². The Labute approximate surface area is 240 Å². The lowest BCUT2D eigenvalue weighted by Gasteiger charge is -2.33. The van der Waals surface area contributed by atoms with Crippen LogP contribution in [0.1, 0.15) is 24.5 Å². The van der Waals surface area contributed by atoms with Crippen molar-refractivity contribution in [1.29, 1.82) is 0 Å². The van der Waals surface area contributed by atoms with Crippen LogP contribution in [0.5, 0.6) is 11.5 Å². The van der Waals surface area contributed by atoms with E-state index in [0.29, 0.717) is 17.9 Å². The number of carbonyl (C=O) groups excluding carboxylic acids is 2. The number of carbonyl (C=O) groups is 2. The highest BCUT2D eigenvalue weighted by Gasteiger charge is 2.33. The number of hydrogen-bond donors (Lipinski definition) is 1. The van der Waals surface area contributed by atoms with E-state index in [9.17, 15) is 18.0 Å². The van der Waals surface area contributed by atoms with Crippen molar-refractivity contribution in [2.75, 3.05) is 32.1 Å². The molecular weight excluding hydrogens is 554 g/mol. The highest BCUT2D eigenvalue weighted by Crippen LogP contribution is 2.32. The molecular formula is C29H34ClN3O6S. The zero-order chi connectivity index (χ0) is 29.4. The number of hydrogen-bond acceptors (Lipinski definition) is 6. The fraction of sp³-hybridized carbons (Fsp3) is 0.310. The van der Waals surface area contributed by atoms with Crippen LogP contribution in [0.2, 0.25) is 5.02 Å². The van der Waals surface area contributed by atoms with Crippen molar-refractivity contribution in [3.8, 4) is 11.5 Å². The summed E-state index contributed by atoms with van der Waals surface area (Å²) in [5, 5.41) is 2.79. The second-order valence-electron chi connectivity index (χ2n) is 9.06. The van der Waals surface area contributed by atoms with Gasteiger partial charge in [0.15, 0.2) is 0 Å². The van der Waals surface area contributed by atoms with Gasteiger partial charge in [-0.25, -0.2) is 8.42 Å². The molecule has 2 amide bonds. The number of rotatable bonds is 12. The molecule has 0 saturated heterocycles. The maximum atomic E-state index is 14.0. The fourth-order valence-corrected chi connectivity index (χ4v) is 5.89. The molecule has 0 aromatic heterocycles. The largest absolute Gasteiger partial charge is 0.497 e. The van der Waals surface area contributed by atoms with Crippen LogP contribution >= 0.6 is 11.6 Å². The lowest BCUT2D eigenvalue weighted by molar-refractivity contribution is -0.140. The molecule has 3 rings (SSSR count). The van der Waals surface area contributed by atoms with Gasteiger partial charge in [-0.1, -0.05) is 48.4 Å². The summed E-state index contributed by atoms with van der Waals surface area (Å²) in [5.41, 5.74) is 1.78. The van der Waals surface area contributed by atoms with Gasteiger partial charge in [0, 0.05) is 13.6 Å². The molecule has 3 aromatic carbocycles. The first-order valence-corrected chi connectivity index (χ1v) is 14.4. The summed E-state index contributed by atoms with van der Waals surface area (Å²) in [5.74, 6) is 0.0177. The summed E-state index contributed by atoms with van der Waals surface area (Å²) >= 11 is 6.35. The smallest absolute Gasteiger partial charge is 0.264 e. The van der Waals surface area contributed by atoms with Crippen molar-refractivity contribution in [2.45, 2.75) is 37.8 Å². The lowest BCUT2D eigenvalue weighted by Crippen LogP contribution is -2.51. The number of ether oxygens (including phenoxy) is 2. The molecule has 9 nitrogen and oxygen atoms in total. The molecule has 0 heterocycles. The van der Waals surface area contributed by atoms with E-state index in [1.807, 2.05) is 13.0 Å². The number of nitrogens with one attached hydrogen (secondary N) is 1. The summed E-state index contributed by atoms with van der Waals surface area (Å²) in [4.78, 5) is 28.2. The van der Waals surface area contributed by atoms with Gasteiger partial charge in [-0.15, -0.1) is 0 Å². The minimum Gasteiger partial charge on any atom is -0.497 e. The number of halogens is 1. The second kappa shape index (κ2) is 13.5. The molecule has 0 radical (unpaired) electrons. The molecule has 3 aromatic rings. The van der Waals surface area contributed by atoms with Gasteiger partial charge in [0.05, 0.1) is 29.8 Å². The van der Waals surface area contributed by atoms with Gasteiger partial charge in [-0.3, -0.25) is 13.9 Å². The Bertz CT molecular complexity index is 1450. The van der Waals surface area contributed by atoms with Crippen molar-refractivity contribution < 1.29 is 27.5 Å². The Morgan fingerprint density at radius 2 is 1.70 bits per heavy atom. The minimum atomic E-state index is -4.21. The van der Waals surface area contributed by atoms with Crippen LogP contribution in [0.3, 0.4) is 0 Å². The Morgan fingerprint density at radius 1 is 1.00 bits per heavy atom. The van der Waals surface area contributed by atoms with E-state index in [1.165, 1.54) is 56.5 Å². The average Bonchev–Trinajstić information content (AvgIpc) is 2.95. The van der Waals surface area contributed by atoms with Crippen molar-refractivity contribution in [2.24, 2.45) is 0 Å². The number of aryl methyl sites for hydroxylation is 1. The number of amides is 2. The predicted molar refractivity (Wildman–Crippen MR) is 155 cm³/mol. The molecule has 0 aliphatic carbocycles. The molecule has 0 fully saturated rings. The number of sulfonamides is 1. The van der Waals surface area contributed by atoms with Gasteiger partial charge in [-0.05, 0) is 61.4 Å². The maximum absolute atomic E-state index is 14.0. The molecule has 214 valence electrons. The Hall–Kier alpha value is -3.76. The first kappa shape index (κ1) is 30.8. The van der Waals surface area contributed by atoms with E-state index < -0.39 is 28.5 Å². The number of nitrogens with zero attached hydrogens (tertiary/aromatic N) is 2. The molecule has 40 heavy (non-hydrogen) atoms. The lowest BCUT2D eigenvalue weighted by atomic mass is 10.1. The van der Waals surface area contributed by atoms with Crippen LogP contribution in [0, 0.1) is 6.92 Å². The van der Waals surface area contributed by atoms with Crippen LogP contribution in [0.4, 0.5) is 5.69 Å². The van der Waals surface area contributed by atoms with E-state index in [4.69, 9.17) is 21.1 Å². The maximum Gasteiger partial charge on any atom is 0.264 e. The minimum absolute atomic E-state index is 0.00975. The first-order valence-electron chi connectivity index (χ1n) is 12.6. The third kappa shape index (κ3) is 7.05. The summed E-state index contributed by atoms with van der Waals surface area (Å²) in [7, 11) is 0.268. The Balaban J connectivity index is 2.10. The summed E-state index contributed by atoms with van der Waals surface area (Å²) in [6, 6.07) is 17.1. The Morgan fingerprint density at radius 3 is 2.27 bits per heavy atom. The topological polar surface area (TPSA) is 105 Å². The number of benzene rings is 3. The van der Waals surface area contributed by atoms with Gasteiger partial charge in [0.1, 0.15) is 24.1 Å². The van der Waals surface area contributed by atoms with Gasteiger partial charge in [0.25, 0.3) is 10.0 Å². The summed E-state index contributed by atoms with van der Waals surface area (Å²) in [6.07, 6.45) is 0.314. The third-order valence-electron chi connectivity index (χ3n) is 6.43. The second-order valence-corrected chi connectivity index (χ2v) is 11.3. The standard InChI is InChI=1S/C29H34ClN3O6S/c1-6-26(29(35)31-3)32(18-21-8-7-9-23(16-21)38-4)28(34)19-33(22-12-15-27(39-5)25(30)17-22)40(36,37)24-13-10-20(2)11-14-24/h7-17,26H,6,18-19H2,1-5H3,(H,31,35)/t26-/m0/s1. The zero-order valence-electron chi connectivity index (χ0n) is 23.2. The number of methoxy groups -OCH3 is 2. The van der Waals surface area contributed by atoms with E-state index in [0.717, 1.165) is 15.4 Å². The molecule has 0 spiro atoms. The molecule has 0 saturated carbocycles. The van der Waals surface area contributed by atoms with Gasteiger partial charge in [-0.2, -0.15) is 0 Å². The zero-order valence-corrected chi connectivity index (χ0v) is 24.8. The highest BCUT2D eigenvalue weighted by atomic mass is 35.5. The fourth-order valence-electron chi connectivity index (χ4n) is 4.23. The Kier molecular flexibility index (Phi) is 10.4. The van der Waals surface area contributed by atoms with Gasteiger partial charge >= 0.3 is 0 Å². The number of likely N-dealkylation sites (N-methyl/N-ethyl adjacent to an activating group) is 1. The summed E-state index contributed by atoms with van der Waals surface area (Å²) < 4.78 is 39.4. The highest BCUT2D eigenvalue weighted by molar-refractivity contribution is 7.92. The summed E-state index contributed by atoms with van der Waals surface area (Å²) in [6.45, 7) is 3.12. The average molecular weight is 588 g/mol. The predicted octanol–water partition coefficient (Wildman–Crippen LogP) is 4.41.